The number of carbonyl (C=O) groups excluding carboxylic acids is 1. The number of fused-ring (bicyclic) bond motifs is 1. The van der Waals surface area contributed by atoms with Gasteiger partial charge in [0.15, 0.2) is 0 Å². The molecule has 3 rings (SSSR count). The molecule has 2 N–H and O–H groups in total. The first kappa shape index (κ1) is 12.0. The Balaban J connectivity index is 2.03. The van der Waals surface area contributed by atoms with E-state index in [0.717, 1.165) is 29.2 Å². The highest BCUT2D eigenvalue weighted by molar-refractivity contribution is 5.98. The molecule has 0 saturated heterocycles. The Morgan fingerprint density at radius 2 is 2.11 bits per heavy atom. The summed E-state index contributed by atoms with van der Waals surface area (Å²) in [6.07, 6.45) is 2.60. The van der Waals surface area contributed by atoms with Crippen molar-refractivity contribution in [3.63, 3.8) is 0 Å². The number of aromatic amines is 1. The molecule has 1 aromatic heterocycles. The van der Waals surface area contributed by atoms with Crippen LogP contribution in [0, 0.1) is 12.3 Å². The van der Waals surface area contributed by atoms with Gasteiger partial charge in [-0.3, -0.25) is 4.79 Å². The van der Waals surface area contributed by atoms with Gasteiger partial charge < -0.3 is 10.3 Å². The molecule has 0 bridgehead atoms. The lowest BCUT2D eigenvalue weighted by atomic mass is 9.81. The summed E-state index contributed by atoms with van der Waals surface area (Å²) in [6.45, 7) is 5.88. The van der Waals surface area contributed by atoms with E-state index in [1.54, 1.807) is 0 Å². The van der Waals surface area contributed by atoms with E-state index in [9.17, 15) is 4.79 Å². The summed E-state index contributed by atoms with van der Waals surface area (Å²) in [5.74, 6) is 0.992. The van der Waals surface area contributed by atoms with E-state index in [4.69, 9.17) is 0 Å². The molecule has 0 spiro atoms. The molecule has 19 heavy (non-hydrogen) atoms. The van der Waals surface area contributed by atoms with E-state index >= 15 is 0 Å². The highest BCUT2D eigenvalue weighted by atomic mass is 16.2. The van der Waals surface area contributed by atoms with Gasteiger partial charge in [-0.1, -0.05) is 19.9 Å². The van der Waals surface area contributed by atoms with Crippen molar-refractivity contribution in [3.05, 3.63) is 35.8 Å². The molecule has 4 nitrogen and oxygen atoms in total. The fourth-order valence-electron chi connectivity index (χ4n) is 2.44. The van der Waals surface area contributed by atoms with E-state index < -0.39 is 0 Å². The lowest BCUT2D eigenvalue weighted by molar-refractivity contribution is -0.124. The fourth-order valence-corrected chi connectivity index (χ4v) is 2.44. The fraction of sp³-hybridized carbons (Fsp3) is 0.333. The Labute approximate surface area is 112 Å². The number of amides is 1. The van der Waals surface area contributed by atoms with Gasteiger partial charge in [-0.05, 0) is 36.6 Å². The van der Waals surface area contributed by atoms with Crippen LogP contribution in [0.15, 0.2) is 24.4 Å². The summed E-state index contributed by atoms with van der Waals surface area (Å²) in [4.78, 5) is 19.4. The van der Waals surface area contributed by atoms with Crippen LogP contribution in [0.5, 0.6) is 0 Å². The minimum atomic E-state index is -0.352. The second kappa shape index (κ2) is 3.95. The molecule has 0 atom stereocenters. The molecule has 1 aromatic carbocycles. The van der Waals surface area contributed by atoms with Gasteiger partial charge in [0.1, 0.15) is 5.82 Å². The summed E-state index contributed by atoms with van der Waals surface area (Å²) in [7, 11) is 0. The number of imidazole rings is 1. The van der Waals surface area contributed by atoms with E-state index in [1.165, 1.54) is 5.56 Å². The lowest BCUT2D eigenvalue weighted by Gasteiger charge is -2.30. The van der Waals surface area contributed by atoms with Crippen molar-refractivity contribution in [2.75, 3.05) is 5.32 Å². The Kier molecular flexibility index (Phi) is 2.49. The summed E-state index contributed by atoms with van der Waals surface area (Å²) in [5, 5.41) is 2.97. The number of nitrogens with one attached hydrogen (secondary N) is 2. The molecule has 1 amide bonds. The Morgan fingerprint density at radius 3 is 2.79 bits per heavy atom. The number of hydrogen-bond donors (Lipinski definition) is 2. The molecule has 4 heteroatoms. The van der Waals surface area contributed by atoms with E-state index in [1.807, 2.05) is 39.1 Å². The van der Waals surface area contributed by atoms with Crippen LogP contribution in [0.2, 0.25) is 0 Å². The van der Waals surface area contributed by atoms with Crippen molar-refractivity contribution in [3.8, 4) is 11.3 Å². The molecule has 0 fully saturated rings. The molecule has 1 aliphatic rings. The highest BCUT2D eigenvalue weighted by Crippen LogP contribution is 2.35. The SMILES string of the molecule is Cc1ncc(-c2ccc3c(c2)CC(C)(C)C(=O)N3)[nH]1. The third-order valence-electron chi connectivity index (χ3n) is 3.61. The zero-order valence-electron chi connectivity index (χ0n) is 11.4. The number of nitrogens with zero attached hydrogens (tertiary/aromatic N) is 1. The third-order valence-corrected chi connectivity index (χ3v) is 3.61. The monoisotopic (exact) mass is 255 g/mol. The normalized spacial score (nSPS) is 16.9. The third kappa shape index (κ3) is 2.03. The average molecular weight is 255 g/mol. The lowest BCUT2D eigenvalue weighted by Crippen LogP contribution is -2.37. The van der Waals surface area contributed by atoms with Gasteiger partial charge in [-0.2, -0.15) is 0 Å². The van der Waals surface area contributed by atoms with Crippen LogP contribution in [0.25, 0.3) is 11.3 Å². The van der Waals surface area contributed by atoms with E-state index in [0.29, 0.717) is 0 Å². The maximum Gasteiger partial charge on any atom is 0.230 e. The molecule has 1 aliphatic heterocycles. The van der Waals surface area contributed by atoms with Crippen LogP contribution in [0.1, 0.15) is 25.2 Å². The van der Waals surface area contributed by atoms with Crippen LogP contribution in [0.3, 0.4) is 0 Å². The molecular weight excluding hydrogens is 238 g/mol. The van der Waals surface area contributed by atoms with Gasteiger partial charge in [0.05, 0.1) is 11.9 Å². The summed E-state index contributed by atoms with van der Waals surface area (Å²) >= 11 is 0. The van der Waals surface area contributed by atoms with E-state index in [-0.39, 0.29) is 11.3 Å². The molecule has 0 radical (unpaired) electrons. The van der Waals surface area contributed by atoms with Crippen molar-refractivity contribution in [2.45, 2.75) is 27.2 Å². The number of rotatable bonds is 1. The predicted octanol–water partition coefficient (Wildman–Crippen LogP) is 2.91. The second-order valence-electron chi connectivity index (χ2n) is 5.77. The number of benzene rings is 1. The zero-order chi connectivity index (χ0) is 13.6. The van der Waals surface area contributed by atoms with Gasteiger partial charge in [0, 0.05) is 11.1 Å². The first-order valence-corrected chi connectivity index (χ1v) is 6.42. The van der Waals surface area contributed by atoms with Crippen molar-refractivity contribution >= 4 is 11.6 Å². The van der Waals surface area contributed by atoms with Gasteiger partial charge in [0.25, 0.3) is 0 Å². The average Bonchev–Trinajstić information content (AvgIpc) is 2.76. The smallest absolute Gasteiger partial charge is 0.230 e. The molecule has 0 aliphatic carbocycles. The van der Waals surface area contributed by atoms with Crippen LogP contribution in [0.4, 0.5) is 5.69 Å². The number of hydrogen-bond acceptors (Lipinski definition) is 2. The summed E-state index contributed by atoms with van der Waals surface area (Å²) in [6, 6.07) is 6.10. The maximum absolute atomic E-state index is 11.9. The highest BCUT2D eigenvalue weighted by Gasteiger charge is 2.33. The van der Waals surface area contributed by atoms with Crippen molar-refractivity contribution < 1.29 is 4.79 Å². The molecule has 0 unspecified atom stereocenters. The summed E-state index contributed by atoms with van der Waals surface area (Å²) in [5.41, 5.74) is 3.86. The molecule has 2 aromatic rings. The number of aryl methyl sites for hydroxylation is 1. The second-order valence-corrected chi connectivity index (χ2v) is 5.77. The van der Waals surface area contributed by atoms with Crippen LogP contribution < -0.4 is 5.32 Å². The maximum atomic E-state index is 11.9. The first-order chi connectivity index (χ1) is 8.95. The Hall–Kier alpha value is -2.10. The molecular formula is C15H17N3O. The van der Waals surface area contributed by atoms with Crippen LogP contribution >= 0.6 is 0 Å². The van der Waals surface area contributed by atoms with Crippen LogP contribution in [-0.4, -0.2) is 15.9 Å². The van der Waals surface area contributed by atoms with Gasteiger partial charge >= 0.3 is 0 Å². The number of anilines is 1. The Bertz CT molecular complexity index is 655. The molecule has 2 heterocycles. The topological polar surface area (TPSA) is 57.8 Å². The van der Waals surface area contributed by atoms with Gasteiger partial charge in [0.2, 0.25) is 5.91 Å². The number of aromatic nitrogens is 2. The van der Waals surface area contributed by atoms with Crippen molar-refractivity contribution in [1.82, 2.24) is 9.97 Å². The van der Waals surface area contributed by atoms with Crippen LogP contribution in [-0.2, 0) is 11.2 Å². The van der Waals surface area contributed by atoms with Crippen molar-refractivity contribution in [2.24, 2.45) is 5.41 Å². The Morgan fingerprint density at radius 1 is 1.32 bits per heavy atom. The minimum absolute atomic E-state index is 0.0881. The largest absolute Gasteiger partial charge is 0.342 e. The quantitative estimate of drug-likeness (QED) is 0.823. The summed E-state index contributed by atoms with van der Waals surface area (Å²) < 4.78 is 0. The zero-order valence-corrected chi connectivity index (χ0v) is 11.4. The number of H-pyrrole nitrogens is 1. The van der Waals surface area contributed by atoms with Gasteiger partial charge in [-0.25, -0.2) is 4.98 Å². The predicted molar refractivity (Wildman–Crippen MR) is 74.9 cm³/mol. The molecule has 98 valence electrons. The number of carbonyl (C=O) groups is 1. The first-order valence-electron chi connectivity index (χ1n) is 6.42. The van der Waals surface area contributed by atoms with E-state index in [2.05, 4.69) is 21.4 Å². The van der Waals surface area contributed by atoms with Gasteiger partial charge in [-0.15, -0.1) is 0 Å². The van der Waals surface area contributed by atoms with Crippen molar-refractivity contribution in [1.29, 1.82) is 0 Å². The minimum Gasteiger partial charge on any atom is -0.342 e. The molecule has 0 saturated carbocycles. The standard InChI is InChI=1S/C15H17N3O/c1-9-16-8-13(17-9)10-4-5-12-11(6-10)7-15(2,3)14(19)18-12/h4-6,8H,7H2,1-3H3,(H,16,17)(H,18,19).